The minimum absolute atomic E-state index is 0.175. The van der Waals surface area contributed by atoms with Gasteiger partial charge in [-0.1, -0.05) is 6.92 Å². The van der Waals surface area contributed by atoms with Gasteiger partial charge in [-0.25, -0.2) is 0 Å². The summed E-state index contributed by atoms with van der Waals surface area (Å²) in [5.41, 5.74) is 5.52. The fourth-order valence-electron chi connectivity index (χ4n) is 0.745. The van der Waals surface area contributed by atoms with Gasteiger partial charge in [0.2, 0.25) is 5.91 Å². The third-order valence-electron chi connectivity index (χ3n) is 1.72. The second-order valence-corrected chi connectivity index (χ2v) is 3.00. The molecule has 0 aromatic heterocycles. The maximum Gasteiger partial charge on any atom is 0.325 e. The number of carboxylic acids is 1. The van der Waals surface area contributed by atoms with Crippen molar-refractivity contribution >= 4 is 11.9 Å². The van der Waals surface area contributed by atoms with E-state index < -0.39 is 12.0 Å². The molecule has 4 N–H and O–H groups in total. The number of nitrogens with one attached hydrogen (secondary N) is 1. The SMILES string of the molecule is CCC(N)CC(=O)N[C@@H](C)C(=O)O. The molecule has 0 heterocycles. The van der Waals surface area contributed by atoms with Crippen LogP contribution in [0, 0.1) is 0 Å². The molecule has 0 spiro atoms. The first-order valence-electron chi connectivity index (χ1n) is 4.25. The molecule has 0 rings (SSSR count). The van der Waals surface area contributed by atoms with E-state index in [0.29, 0.717) is 6.42 Å². The van der Waals surface area contributed by atoms with E-state index in [1.165, 1.54) is 6.92 Å². The van der Waals surface area contributed by atoms with E-state index in [0.717, 1.165) is 0 Å². The van der Waals surface area contributed by atoms with Gasteiger partial charge in [-0.2, -0.15) is 0 Å². The van der Waals surface area contributed by atoms with Gasteiger partial charge in [0.25, 0.3) is 0 Å². The van der Waals surface area contributed by atoms with Crippen LogP contribution in [-0.4, -0.2) is 29.1 Å². The molecule has 0 aromatic rings. The molecule has 0 saturated carbocycles. The number of carbonyl (C=O) groups excluding carboxylic acids is 1. The number of aliphatic carboxylic acids is 1. The summed E-state index contributed by atoms with van der Waals surface area (Å²) in [4.78, 5) is 21.4. The topological polar surface area (TPSA) is 92.4 Å². The highest BCUT2D eigenvalue weighted by atomic mass is 16.4. The van der Waals surface area contributed by atoms with Crippen molar-refractivity contribution in [1.82, 2.24) is 5.32 Å². The van der Waals surface area contributed by atoms with E-state index in [1.54, 1.807) is 0 Å². The molecule has 0 aliphatic heterocycles. The number of hydrogen-bond acceptors (Lipinski definition) is 3. The van der Waals surface area contributed by atoms with Gasteiger partial charge in [0.15, 0.2) is 0 Å². The smallest absolute Gasteiger partial charge is 0.325 e. The number of nitrogens with two attached hydrogens (primary N) is 1. The van der Waals surface area contributed by atoms with E-state index in [1.807, 2.05) is 6.92 Å². The molecule has 1 unspecified atom stereocenters. The second-order valence-electron chi connectivity index (χ2n) is 3.00. The van der Waals surface area contributed by atoms with Gasteiger partial charge in [-0.15, -0.1) is 0 Å². The summed E-state index contributed by atoms with van der Waals surface area (Å²) in [6.45, 7) is 3.29. The van der Waals surface area contributed by atoms with Gasteiger partial charge < -0.3 is 16.2 Å². The maximum absolute atomic E-state index is 11.1. The van der Waals surface area contributed by atoms with Gasteiger partial charge in [-0.3, -0.25) is 9.59 Å². The Morgan fingerprint density at radius 3 is 2.46 bits per heavy atom. The Labute approximate surface area is 77.3 Å². The zero-order valence-corrected chi connectivity index (χ0v) is 7.91. The van der Waals surface area contributed by atoms with Crippen LogP contribution >= 0.6 is 0 Å². The number of amides is 1. The van der Waals surface area contributed by atoms with Crippen molar-refractivity contribution in [2.24, 2.45) is 5.73 Å². The summed E-state index contributed by atoms with van der Waals surface area (Å²) >= 11 is 0. The Morgan fingerprint density at radius 2 is 2.08 bits per heavy atom. The monoisotopic (exact) mass is 188 g/mol. The molecule has 76 valence electrons. The summed E-state index contributed by atoms with van der Waals surface area (Å²) in [5.74, 6) is -1.36. The van der Waals surface area contributed by atoms with E-state index >= 15 is 0 Å². The summed E-state index contributed by atoms with van der Waals surface area (Å²) in [6.07, 6.45) is 0.878. The molecule has 0 aliphatic rings. The highest BCUT2D eigenvalue weighted by Gasteiger charge is 2.15. The van der Waals surface area contributed by atoms with Crippen molar-refractivity contribution in [2.75, 3.05) is 0 Å². The predicted octanol–water partition coefficient (Wildman–Crippen LogP) is -0.297. The standard InChI is InChI=1S/C8H16N2O3/c1-3-6(9)4-7(11)10-5(2)8(12)13/h5-6H,3-4,9H2,1-2H3,(H,10,11)(H,12,13)/t5-,6?/m0/s1. The fourth-order valence-corrected chi connectivity index (χ4v) is 0.745. The second kappa shape index (κ2) is 5.53. The fraction of sp³-hybridized carbons (Fsp3) is 0.750. The largest absolute Gasteiger partial charge is 0.480 e. The average Bonchev–Trinajstić information content (AvgIpc) is 2.03. The van der Waals surface area contributed by atoms with Crippen LogP contribution in [0.4, 0.5) is 0 Å². The van der Waals surface area contributed by atoms with Crippen LogP contribution < -0.4 is 11.1 Å². The molecular weight excluding hydrogens is 172 g/mol. The van der Waals surface area contributed by atoms with Gasteiger partial charge in [0.05, 0.1) is 0 Å². The van der Waals surface area contributed by atoms with E-state index in [4.69, 9.17) is 10.8 Å². The average molecular weight is 188 g/mol. The first-order valence-corrected chi connectivity index (χ1v) is 4.25. The van der Waals surface area contributed by atoms with Gasteiger partial charge in [-0.05, 0) is 13.3 Å². The van der Waals surface area contributed by atoms with Gasteiger partial charge in [0, 0.05) is 12.5 Å². The molecule has 0 bridgehead atoms. The Bertz CT molecular complexity index is 194. The summed E-state index contributed by atoms with van der Waals surface area (Å²) in [7, 11) is 0. The lowest BCUT2D eigenvalue weighted by Crippen LogP contribution is -2.40. The first kappa shape index (κ1) is 11.9. The lowest BCUT2D eigenvalue weighted by molar-refractivity contribution is -0.141. The molecule has 0 aliphatic carbocycles. The van der Waals surface area contributed by atoms with Crippen LogP contribution in [0.2, 0.25) is 0 Å². The normalized spacial score (nSPS) is 14.7. The molecule has 5 nitrogen and oxygen atoms in total. The quantitative estimate of drug-likeness (QED) is 0.552. The van der Waals surface area contributed by atoms with Crippen LogP contribution in [0.1, 0.15) is 26.7 Å². The molecule has 0 radical (unpaired) electrons. The third-order valence-corrected chi connectivity index (χ3v) is 1.72. The predicted molar refractivity (Wildman–Crippen MR) is 48.1 cm³/mol. The Kier molecular flexibility index (Phi) is 5.06. The lowest BCUT2D eigenvalue weighted by Gasteiger charge is -2.11. The van der Waals surface area contributed by atoms with Crippen molar-refractivity contribution in [3.05, 3.63) is 0 Å². The van der Waals surface area contributed by atoms with Gasteiger partial charge >= 0.3 is 5.97 Å². The molecule has 0 saturated heterocycles. The van der Waals surface area contributed by atoms with E-state index in [9.17, 15) is 9.59 Å². The maximum atomic E-state index is 11.1. The first-order chi connectivity index (χ1) is 5.97. The molecular formula is C8H16N2O3. The molecule has 13 heavy (non-hydrogen) atoms. The molecule has 5 heteroatoms. The van der Waals surface area contributed by atoms with Crippen LogP contribution in [-0.2, 0) is 9.59 Å². The summed E-state index contributed by atoms with van der Waals surface area (Å²) in [5, 5.41) is 10.8. The van der Waals surface area contributed by atoms with Crippen molar-refractivity contribution in [2.45, 2.75) is 38.8 Å². The van der Waals surface area contributed by atoms with Crippen molar-refractivity contribution in [3.8, 4) is 0 Å². The van der Waals surface area contributed by atoms with Crippen LogP contribution in [0.15, 0.2) is 0 Å². The molecule has 0 aromatic carbocycles. The highest BCUT2D eigenvalue weighted by molar-refractivity contribution is 5.83. The summed E-state index contributed by atoms with van der Waals surface area (Å²) in [6, 6.07) is -1.04. The van der Waals surface area contributed by atoms with Crippen molar-refractivity contribution in [1.29, 1.82) is 0 Å². The van der Waals surface area contributed by atoms with Crippen LogP contribution in [0.5, 0.6) is 0 Å². The minimum Gasteiger partial charge on any atom is -0.480 e. The summed E-state index contributed by atoms with van der Waals surface area (Å²) < 4.78 is 0. The molecule has 2 atom stereocenters. The Hall–Kier alpha value is -1.10. The molecule has 1 amide bonds. The van der Waals surface area contributed by atoms with Gasteiger partial charge in [0.1, 0.15) is 6.04 Å². The Morgan fingerprint density at radius 1 is 1.54 bits per heavy atom. The van der Waals surface area contributed by atoms with Crippen LogP contribution in [0.3, 0.4) is 0 Å². The third kappa shape index (κ3) is 5.19. The molecule has 0 fully saturated rings. The lowest BCUT2D eigenvalue weighted by atomic mass is 10.1. The zero-order chi connectivity index (χ0) is 10.4. The number of rotatable bonds is 5. The van der Waals surface area contributed by atoms with Crippen LogP contribution in [0.25, 0.3) is 0 Å². The number of carboxylic acid groups (broad SMARTS) is 1. The van der Waals surface area contributed by atoms with E-state index in [2.05, 4.69) is 5.32 Å². The van der Waals surface area contributed by atoms with Crippen molar-refractivity contribution in [3.63, 3.8) is 0 Å². The Balaban J connectivity index is 3.81. The van der Waals surface area contributed by atoms with E-state index in [-0.39, 0.29) is 18.4 Å². The zero-order valence-electron chi connectivity index (χ0n) is 7.91. The minimum atomic E-state index is -1.04. The number of carbonyl (C=O) groups is 2. The number of hydrogen-bond donors (Lipinski definition) is 3. The highest BCUT2D eigenvalue weighted by Crippen LogP contribution is 1.93. The van der Waals surface area contributed by atoms with Crippen molar-refractivity contribution < 1.29 is 14.7 Å².